The molecule has 1 amide bonds. The number of hydrogen-bond acceptors (Lipinski definition) is 3. The number of ether oxygens (including phenoxy) is 1. The largest absolute Gasteiger partial charge is 0.487 e. The van der Waals surface area contributed by atoms with Crippen LogP contribution in [0.5, 0.6) is 5.75 Å². The van der Waals surface area contributed by atoms with E-state index in [1.54, 1.807) is 6.20 Å². The summed E-state index contributed by atoms with van der Waals surface area (Å²) >= 11 is 0. The predicted octanol–water partition coefficient (Wildman–Crippen LogP) is 5.03. The van der Waals surface area contributed by atoms with Gasteiger partial charge < -0.3 is 10.1 Å². The summed E-state index contributed by atoms with van der Waals surface area (Å²) in [4.78, 5) is 17.1. The first kappa shape index (κ1) is 19.6. The SMILES string of the molecule is CCC(C(=O)NC(C)c1cccc(OCc2ccccn2)c1)c1ccccc1. The van der Waals surface area contributed by atoms with Gasteiger partial charge >= 0.3 is 0 Å². The Morgan fingerprint density at radius 3 is 2.46 bits per heavy atom. The fraction of sp³-hybridized carbons (Fsp3) is 0.250. The fourth-order valence-corrected chi connectivity index (χ4v) is 3.17. The number of rotatable bonds is 8. The van der Waals surface area contributed by atoms with Gasteiger partial charge in [-0.1, -0.05) is 55.5 Å². The van der Waals surface area contributed by atoms with E-state index in [9.17, 15) is 4.79 Å². The van der Waals surface area contributed by atoms with E-state index in [1.807, 2.05) is 86.6 Å². The molecule has 3 aromatic rings. The molecule has 0 saturated heterocycles. The van der Waals surface area contributed by atoms with E-state index in [2.05, 4.69) is 10.3 Å². The number of carbonyl (C=O) groups is 1. The van der Waals surface area contributed by atoms with Crippen molar-refractivity contribution in [2.45, 2.75) is 38.8 Å². The number of carbonyl (C=O) groups excluding carboxylic acids is 1. The van der Waals surface area contributed by atoms with E-state index in [4.69, 9.17) is 4.74 Å². The molecule has 2 aromatic carbocycles. The van der Waals surface area contributed by atoms with Crippen molar-refractivity contribution in [1.82, 2.24) is 10.3 Å². The first-order chi connectivity index (χ1) is 13.7. The van der Waals surface area contributed by atoms with E-state index >= 15 is 0 Å². The number of aromatic nitrogens is 1. The number of hydrogen-bond donors (Lipinski definition) is 1. The molecule has 28 heavy (non-hydrogen) atoms. The zero-order valence-electron chi connectivity index (χ0n) is 16.3. The summed E-state index contributed by atoms with van der Waals surface area (Å²) < 4.78 is 5.85. The third kappa shape index (κ3) is 5.19. The van der Waals surface area contributed by atoms with Gasteiger partial charge in [0.2, 0.25) is 5.91 Å². The molecule has 4 heteroatoms. The fourth-order valence-electron chi connectivity index (χ4n) is 3.17. The molecule has 3 rings (SSSR count). The average molecular weight is 374 g/mol. The van der Waals surface area contributed by atoms with Gasteiger partial charge in [0.15, 0.2) is 0 Å². The Morgan fingerprint density at radius 2 is 1.75 bits per heavy atom. The molecule has 0 aliphatic heterocycles. The van der Waals surface area contributed by atoms with Gasteiger partial charge in [0.25, 0.3) is 0 Å². The third-order valence-electron chi connectivity index (χ3n) is 4.76. The zero-order valence-corrected chi connectivity index (χ0v) is 16.3. The van der Waals surface area contributed by atoms with E-state index in [-0.39, 0.29) is 17.9 Å². The monoisotopic (exact) mass is 374 g/mol. The van der Waals surface area contributed by atoms with Gasteiger partial charge in [0, 0.05) is 6.20 Å². The second-order valence-electron chi connectivity index (χ2n) is 6.78. The number of nitrogens with one attached hydrogen (secondary N) is 1. The second-order valence-corrected chi connectivity index (χ2v) is 6.78. The van der Waals surface area contributed by atoms with Crippen LogP contribution in [-0.2, 0) is 11.4 Å². The van der Waals surface area contributed by atoms with Crippen molar-refractivity contribution < 1.29 is 9.53 Å². The van der Waals surface area contributed by atoms with Gasteiger partial charge in [0.1, 0.15) is 12.4 Å². The lowest BCUT2D eigenvalue weighted by Gasteiger charge is -2.20. The summed E-state index contributed by atoms with van der Waals surface area (Å²) in [6.45, 7) is 4.44. The molecule has 144 valence electrons. The zero-order chi connectivity index (χ0) is 19.8. The molecule has 0 spiro atoms. The Labute approximate surface area is 166 Å². The number of benzene rings is 2. The van der Waals surface area contributed by atoms with Crippen LogP contribution in [0.4, 0.5) is 0 Å². The van der Waals surface area contributed by atoms with Gasteiger partial charge in [-0.25, -0.2) is 0 Å². The van der Waals surface area contributed by atoms with Gasteiger partial charge in [0.05, 0.1) is 17.7 Å². The average Bonchev–Trinajstić information content (AvgIpc) is 2.74. The second kappa shape index (κ2) is 9.70. The van der Waals surface area contributed by atoms with Crippen LogP contribution < -0.4 is 10.1 Å². The quantitative estimate of drug-likeness (QED) is 0.601. The molecule has 2 atom stereocenters. The van der Waals surface area contributed by atoms with Crippen molar-refractivity contribution in [3.8, 4) is 5.75 Å². The minimum Gasteiger partial charge on any atom is -0.487 e. The number of pyridine rings is 1. The Bertz CT molecular complexity index is 881. The maximum absolute atomic E-state index is 12.8. The van der Waals surface area contributed by atoms with Crippen LogP contribution >= 0.6 is 0 Å². The summed E-state index contributed by atoms with van der Waals surface area (Å²) in [6, 6.07) is 23.4. The molecular formula is C24H26N2O2. The number of amides is 1. The lowest BCUT2D eigenvalue weighted by molar-refractivity contribution is -0.123. The molecule has 0 aliphatic rings. The smallest absolute Gasteiger partial charge is 0.228 e. The first-order valence-corrected chi connectivity index (χ1v) is 9.65. The molecule has 0 bridgehead atoms. The van der Waals surface area contributed by atoms with E-state index in [0.29, 0.717) is 6.61 Å². The summed E-state index contributed by atoms with van der Waals surface area (Å²) in [7, 11) is 0. The topological polar surface area (TPSA) is 51.2 Å². The maximum atomic E-state index is 12.8. The van der Waals surface area contributed by atoms with Crippen molar-refractivity contribution in [1.29, 1.82) is 0 Å². The van der Waals surface area contributed by atoms with Crippen LogP contribution in [-0.4, -0.2) is 10.9 Å². The molecule has 4 nitrogen and oxygen atoms in total. The van der Waals surface area contributed by atoms with Crippen molar-refractivity contribution >= 4 is 5.91 Å². The van der Waals surface area contributed by atoms with Crippen molar-refractivity contribution in [2.24, 2.45) is 0 Å². The number of nitrogens with zero attached hydrogens (tertiary/aromatic N) is 1. The van der Waals surface area contributed by atoms with Crippen LogP contribution in [0.1, 0.15) is 49.0 Å². The predicted molar refractivity (Wildman–Crippen MR) is 111 cm³/mol. The van der Waals surface area contributed by atoms with Crippen LogP contribution in [0.25, 0.3) is 0 Å². The Kier molecular flexibility index (Phi) is 6.79. The lowest BCUT2D eigenvalue weighted by atomic mass is 9.95. The molecule has 1 heterocycles. The van der Waals surface area contributed by atoms with Crippen LogP contribution in [0, 0.1) is 0 Å². The molecular weight excluding hydrogens is 348 g/mol. The van der Waals surface area contributed by atoms with Gasteiger partial charge in [-0.05, 0) is 48.7 Å². The standard InChI is InChI=1S/C24H26N2O2/c1-3-23(19-10-5-4-6-11-19)24(27)26-18(2)20-12-9-14-22(16-20)28-17-21-13-7-8-15-25-21/h4-16,18,23H,3,17H2,1-2H3,(H,26,27). The highest BCUT2D eigenvalue weighted by Gasteiger charge is 2.20. The summed E-state index contributed by atoms with van der Waals surface area (Å²) in [5.41, 5.74) is 2.93. The van der Waals surface area contributed by atoms with E-state index in [0.717, 1.165) is 29.0 Å². The van der Waals surface area contributed by atoms with Gasteiger partial charge in [-0.3, -0.25) is 9.78 Å². The van der Waals surface area contributed by atoms with Crippen LogP contribution in [0.2, 0.25) is 0 Å². The highest BCUT2D eigenvalue weighted by molar-refractivity contribution is 5.83. The van der Waals surface area contributed by atoms with Crippen LogP contribution in [0.15, 0.2) is 79.0 Å². The minimum atomic E-state index is -0.146. The minimum absolute atomic E-state index is 0.0426. The highest BCUT2D eigenvalue weighted by Crippen LogP contribution is 2.23. The Morgan fingerprint density at radius 1 is 1.00 bits per heavy atom. The molecule has 0 fully saturated rings. The van der Waals surface area contributed by atoms with Crippen molar-refractivity contribution in [3.05, 3.63) is 95.8 Å². The normalized spacial score (nSPS) is 12.8. The third-order valence-corrected chi connectivity index (χ3v) is 4.76. The maximum Gasteiger partial charge on any atom is 0.228 e. The molecule has 0 aliphatic carbocycles. The van der Waals surface area contributed by atoms with E-state index in [1.165, 1.54) is 0 Å². The Hall–Kier alpha value is -3.14. The summed E-state index contributed by atoms with van der Waals surface area (Å²) in [5.74, 6) is 0.660. The summed E-state index contributed by atoms with van der Waals surface area (Å²) in [6.07, 6.45) is 2.51. The van der Waals surface area contributed by atoms with Crippen LogP contribution in [0.3, 0.4) is 0 Å². The van der Waals surface area contributed by atoms with Crippen molar-refractivity contribution in [3.63, 3.8) is 0 Å². The first-order valence-electron chi connectivity index (χ1n) is 9.65. The molecule has 0 saturated carbocycles. The Balaban J connectivity index is 1.63. The highest BCUT2D eigenvalue weighted by atomic mass is 16.5. The van der Waals surface area contributed by atoms with E-state index < -0.39 is 0 Å². The van der Waals surface area contributed by atoms with Gasteiger partial charge in [-0.15, -0.1) is 0 Å². The summed E-state index contributed by atoms with van der Waals surface area (Å²) in [5, 5.41) is 3.14. The molecule has 0 radical (unpaired) electrons. The van der Waals surface area contributed by atoms with Crippen molar-refractivity contribution in [2.75, 3.05) is 0 Å². The lowest BCUT2D eigenvalue weighted by Crippen LogP contribution is -2.31. The molecule has 1 N–H and O–H groups in total. The molecule has 2 unspecified atom stereocenters. The molecule has 1 aromatic heterocycles. The van der Waals surface area contributed by atoms with Gasteiger partial charge in [-0.2, -0.15) is 0 Å².